The smallest absolute Gasteiger partial charge is 0.0931 e. The maximum atomic E-state index is 5.99. The minimum atomic E-state index is 0.442. The quantitative estimate of drug-likeness (QED) is 0.902. The molecule has 0 aliphatic carbocycles. The molecule has 0 spiro atoms. The molecular weight excluding hydrogens is 240 g/mol. The van der Waals surface area contributed by atoms with Gasteiger partial charge in [0.15, 0.2) is 0 Å². The SMILES string of the molecule is CC(c1csc(Cl)c1)N1CCCCC1CN. The molecule has 4 heteroatoms. The molecule has 2 atom stereocenters. The van der Waals surface area contributed by atoms with Gasteiger partial charge in [-0.1, -0.05) is 18.0 Å². The first-order valence-electron chi connectivity index (χ1n) is 5.92. The summed E-state index contributed by atoms with van der Waals surface area (Å²) in [5.74, 6) is 0. The second-order valence-electron chi connectivity index (χ2n) is 4.48. The Balaban J connectivity index is 2.10. The standard InChI is InChI=1S/C12H19ClN2S/c1-9(10-6-12(13)16-8-10)15-5-3-2-4-11(15)7-14/h6,8-9,11H,2-5,7,14H2,1H3. The number of hydrogen-bond donors (Lipinski definition) is 1. The van der Waals surface area contributed by atoms with Crippen molar-refractivity contribution in [3.05, 3.63) is 21.3 Å². The summed E-state index contributed by atoms with van der Waals surface area (Å²) in [6.07, 6.45) is 3.84. The lowest BCUT2D eigenvalue weighted by Gasteiger charge is -2.39. The Hall–Kier alpha value is -0.0900. The average Bonchev–Trinajstić information content (AvgIpc) is 2.75. The van der Waals surface area contributed by atoms with Gasteiger partial charge in [0.25, 0.3) is 0 Å². The summed E-state index contributed by atoms with van der Waals surface area (Å²) in [5.41, 5.74) is 7.18. The molecule has 90 valence electrons. The molecule has 1 aliphatic heterocycles. The molecule has 2 nitrogen and oxygen atoms in total. The van der Waals surface area contributed by atoms with Gasteiger partial charge in [0.1, 0.15) is 0 Å². The lowest BCUT2D eigenvalue weighted by Crippen LogP contribution is -2.45. The van der Waals surface area contributed by atoms with Gasteiger partial charge in [-0.15, -0.1) is 11.3 Å². The maximum absolute atomic E-state index is 5.99. The lowest BCUT2D eigenvalue weighted by atomic mass is 9.98. The van der Waals surface area contributed by atoms with Crippen molar-refractivity contribution in [2.45, 2.75) is 38.3 Å². The van der Waals surface area contributed by atoms with E-state index >= 15 is 0 Å². The number of halogens is 1. The number of nitrogens with zero attached hydrogens (tertiary/aromatic N) is 1. The summed E-state index contributed by atoms with van der Waals surface area (Å²) in [4.78, 5) is 2.53. The molecule has 2 heterocycles. The number of likely N-dealkylation sites (tertiary alicyclic amines) is 1. The van der Waals surface area contributed by atoms with Gasteiger partial charge in [-0.3, -0.25) is 4.90 Å². The number of hydrogen-bond acceptors (Lipinski definition) is 3. The molecule has 0 amide bonds. The van der Waals surface area contributed by atoms with Crippen LogP contribution in [0.1, 0.15) is 37.8 Å². The van der Waals surface area contributed by atoms with Crippen LogP contribution in [0.3, 0.4) is 0 Å². The average molecular weight is 259 g/mol. The zero-order chi connectivity index (χ0) is 11.5. The Morgan fingerprint density at radius 1 is 1.62 bits per heavy atom. The number of thiophene rings is 1. The van der Waals surface area contributed by atoms with Gasteiger partial charge in [-0.2, -0.15) is 0 Å². The Morgan fingerprint density at radius 2 is 2.44 bits per heavy atom. The van der Waals surface area contributed by atoms with Crippen molar-refractivity contribution in [1.82, 2.24) is 4.90 Å². The van der Waals surface area contributed by atoms with Crippen molar-refractivity contribution in [3.63, 3.8) is 0 Å². The van der Waals surface area contributed by atoms with E-state index in [0.717, 1.165) is 17.4 Å². The van der Waals surface area contributed by atoms with Gasteiger partial charge in [0, 0.05) is 18.6 Å². The monoisotopic (exact) mass is 258 g/mol. The Kier molecular flexibility index (Phi) is 4.25. The molecule has 16 heavy (non-hydrogen) atoms. The number of nitrogens with two attached hydrogens (primary N) is 1. The number of rotatable bonds is 3. The Labute approximate surface area is 106 Å². The first-order chi connectivity index (χ1) is 7.72. The van der Waals surface area contributed by atoms with Crippen molar-refractivity contribution in [2.24, 2.45) is 5.73 Å². The zero-order valence-corrected chi connectivity index (χ0v) is 11.2. The van der Waals surface area contributed by atoms with Crippen molar-refractivity contribution in [2.75, 3.05) is 13.1 Å². The third kappa shape index (κ3) is 2.59. The summed E-state index contributed by atoms with van der Waals surface area (Å²) in [7, 11) is 0. The van der Waals surface area contributed by atoms with Gasteiger partial charge in [-0.25, -0.2) is 0 Å². The fourth-order valence-corrected chi connectivity index (χ4v) is 3.50. The molecule has 1 fully saturated rings. The van der Waals surface area contributed by atoms with E-state index in [1.54, 1.807) is 11.3 Å². The highest BCUT2D eigenvalue weighted by molar-refractivity contribution is 7.14. The second kappa shape index (κ2) is 5.50. The summed E-state index contributed by atoms with van der Waals surface area (Å²) in [6, 6.07) is 3.07. The van der Waals surface area contributed by atoms with Crippen LogP contribution in [-0.2, 0) is 0 Å². The van der Waals surface area contributed by atoms with Gasteiger partial charge in [0.2, 0.25) is 0 Å². The van der Waals surface area contributed by atoms with E-state index in [2.05, 4.69) is 23.3 Å². The molecule has 2 rings (SSSR count). The fourth-order valence-electron chi connectivity index (χ4n) is 2.52. The highest BCUT2D eigenvalue weighted by Gasteiger charge is 2.26. The highest BCUT2D eigenvalue weighted by Crippen LogP contribution is 2.31. The van der Waals surface area contributed by atoms with E-state index in [4.69, 9.17) is 17.3 Å². The minimum Gasteiger partial charge on any atom is -0.329 e. The van der Waals surface area contributed by atoms with E-state index in [-0.39, 0.29) is 0 Å². The molecule has 0 aromatic carbocycles. The molecule has 1 aliphatic rings. The van der Waals surface area contributed by atoms with Gasteiger partial charge < -0.3 is 5.73 Å². The molecule has 1 aromatic rings. The van der Waals surface area contributed by atoms with Crippen molar-refractivity contribution in [3.8, 4) is 0 Å². The third-order valence-corrected chi connectivity index (χ3v) is 4.62. The third-order valence-electron chi connectivity index (χ3n) is 3.51. The first-order valence-corrected chi connectivity index (χ1v) is 7.18. The number of piperidine rings is 1. The van der Waals surface area contributed by atoms with Crippen LogP contribution >= 0.6 is 22.9 Å². The minimum absolute atomic E-state index is 0.442. The molecule has 0 radical (unpaired) electrons. The first kappa shape index (κ1) is 12.4. The van der Waals surface area contributed by atoms with Crippen molar-refractivity contribution in [1.29, 1.82) is 0 Å². The van der Waals surface area contributed by atoms with E-state index in [9.17, 15) is 0 Å². The molecule has 0 bridgehead atoms. The molecule has 0 saturated carbocycles. The van der Waals surface area contributed by atoms with Gasteiger partial charge in [0.05, 0.1) is 4.34 Å². The van der Waals surface area contributed by atoms with Crippen LogP contribution in [0.5, 0.6) is 0 Å². The molecule has 2 N–H and O–H groups in total. The van der Waals surface area contributed by atoms with Gasteiger partial charge in [-0.05, 0) is 43.3 Å². The molecule has 2 unspecified atom stereocenters. The lowest BCUT2D eigenvalue weighted by molar-refractivity contribution is 0.108. The largest absolute Gasteiger partial charge is 0.329 e. The van der Waals surface area contributed by atoms with Crippen molar-refractivity contribution >= 4 is 22.9 Å². The predicted octanol–water partition coefficient (Wildman–Crippen LogP) is 3.28. The van der Waals surface area contributed by atoms with Crippen LogP contribution < -0.4 is 5.73 Å². The summed E-state index contributed by atoms with van der Waals surface area (Å²) < 4.78 is 0.878. The topological polar surface area (TPSA) is 29.3 Å². The fraction of sp³-hybridized carbons (Fsp3) is 0.667. The summed E-state index contributed by atoms with van der Waals surface area (Å²) in [6.45, 7) is 4.19. The summed E-state index contributed by atoms with van der Waals surface area (Å²) >= 11 is 7.60. The van der Waals surface area contributed by atoms with E-state index < -0.39 is 0 Å². The van der Waals surface area contributed by atoms with Crippen LogP contribution in [0, 0.1) is 0 Å². The Morgan fingerprint density at radius 3 is 3.06 bits per heavy atom. The molecule has 1 aromatic heterocycles. The van der Waals surface area contributed by atoms with Crippen LogP contribution in [0.4, 0.5) is 0 Å². The van der Waals surface area contributed by atoms with Crippen LogP contribution in [0.25, 0.3) is 0 Å². The van der Waals surface area contributed by atoms with Crippen LogP contribution in [0.15, 0.2) is 11.4 Å². The zero-order valence-electron chi connectivity index (χ0n) is 9.66. The van der Waals surface area contributed by atoms with E-state index in [1.165, 1.54) is 24.8 Å². The highest BCUT2D eigenvalue weighted by atomic mass is 35.5. The predicted molar refractivity (Wildman–Crippen MR) is 71.1 cm³/mol. The maximum Gasteiger partial charge on any atom is 0.0931 e. The van der Waals surface area contributed by atoms with E-state index in [0.29, 0.717) is 12.1 Å². The second-order valence-corrected chi connectivity index (χ2v) is 6.03. The summed E-state index contributed by atoms with van der Waals surface area (Å²) in [5, 5.41) is 2.16. The van der Waals surface area contributed by atoms with Crippen molar-refractivity contribution < 1.29 is 0 Å². The molecular formula is C12H19ClN2S. The normalized spacial score (nSPS) is 24.6. The van der Waals surface area contributed by atoms with E-state index in [1.807, 2.05) is 0 Å². The van der Waals surface area contributed by atoms with Crippen LogP contribution in [-0.4, -0.2) is 24.0 Å². The van der Waals surface area contributed by atoms with Gasteiger partial charge >= 0.3 is 0 Å². The van der Waals surface area contributed by atoms with Crippen LogP contribution in [0.2, 0.25) is 4.34 Å². The Bertz CT molecular complexity index is 340. The molecule has 1 saturated heterocycles.